The summed E-state index contributed by atoms with van der Waals surface area (Å²) in [5, 5.41) is 18.4. The van der Waals surface area contributed by atoms with E-state index < -0.39 is 64.6 Å². The third kappa shape index (κ3) is 3.01. The van der Waals surface area contributed by atoms with Crippen molar-refractivity contribution in [2.75, 3.05) is 11.4 Å². The highest BCUT2D eigenvalue weighted by atomic mass is 19.4. The molecule has 0 saturated carbocycles. The lowest BCUT2D eigenvalue weighted by atomic mass is 9.93. The average Bonchev–Trinajstić information content (AvgIpc) is 2.62. The third-order valence-corrected chi connectivity index (χ3v) is 4.29. The number of fused-ring (bicyclic) bond motifs is 1. The first kappa shape index (κ1) is 19.5. The molecule has 0 radical (unpaired) electrons. The topological polar surface area (TPSA) is 50.8 Å². The van der Waals surface area contributed by atoms with E-state index in [1.54, 1.807) is 6.07 Å². The second-order valence-electron chi connectivity index (χ2n) is 5.96. The minimum absolute atomic E-state index is 0.332. The van der Waals surface area contributed by atoms with Crippen molar-refractivity contribution in [3.63, 3.8) is 0 Å². The highest BCUT2D eigenvalue weighted by Gasteiger charge is 2.40. The van der Waals surface area contributed by atoms with E-state index in [1.807, 2.05) is 0 Å². The molecule has 2 aromatic rings. The Morgan fingerprint density at radius 1 is 1.04 bits per heavy atom. The molecule has 0 aromatic heterocycles. The second kappa shape index (κ2) is 6.71. The summed E-state index contributed by atoms with van der Waals surface area (Å²) in [5.74, 6) is -2.90. The van der Waals surface area contributed by atoms with E-state index in [-0.39, 0.29) is 5.69 Å². The van der Waals surface area contributed by atoms with E-state index in [9.17, 15) is 41.3 Å². The first-order valence-corrected chi connectivity index (χ1v) is 7.69. The summed E-state index contributed by atoms with van der Waals surface area (Å²) in [4.78, 5) is 0.815. The Balaban J connectivity index is 2.30. The van der Waals surface area contributed by atoms with Crippen LogP contribution in [0.25, 0.3) is 0 Å². The molecule has 2 atom stereocenters. The molecule has 0 N–H and O–H groups in total. The summed E-state index contributed by atoms with van der Waals surface area (Å²) in [6.45, 7) is -0.812. The lowest BCUT2D eigenvalue weighted by Gasteiger charge is -2.36. The number of halogens is 7. The largest absolute Gasteiger partial charge is 0.419 e. The minimum Gasteiger partial charge on any atom is -0.336 e. The molecule has 1 aliphatic rings. The normalized spacial score (nSPS) is 19.0. The fourth-order valence-corrected chi connectivity index (χ4v) is 3.10. The van der Waals surface area contributed by atoms with Gasteiger partial charge in [-0.25, -0.2) is 17.6 Å². The highest BCUT2D eigenvalue weighted by molar-refractivity contribution is 5.78. The van der Waals surface area contributed by atoms with Crippen molar-refractivity contribution in [2.45, 2.75) is 18.5 Å². The Morgan fingerprint density at radius 3 is 2.29 bits per heavy atom. The zero-order valence-electron chi connectivity index (χ0n) is 13.7. The van der Waals surface area contributed by atoms with Crippen molar-refractivity contribution in [1.29, 1.82) is 10.5 Å². The molecule has 0 fully saturated rings. The molecular formula is C18H8F7N3. The van der Waals surface area contributed by atoms with E-state index in [0.29, 0.717) is 12.1 Å². The summed E-state index contributed by atoms with van der Waals surface area (Å²) in [7, 11) is 0. The number of hydrogen-bond acceptors (Lipinski definition) is 3. The van der Waals surface area contributed by atoms with Crippen molar-refractivity contribution in [3.05, 3.63) is 58.2 Å². The molecule has 2 aromatic carbocycles. The quantitative estimate of drug-likeness (QED) is 0.618. The van der Waals surface area contributed by atoms with Gasteiger partial charge in [-0.2, -0.15) is 23.7 Å². The van der Waals surface area contributed by atoms with Gasteiger partial charge in [0.1, 0.15) is 23.5 Å². The van der Waals surface area contributed by atoms with Crippen molar-refractivity contribution in [2.24, 2.45) is 0 Å². The number of benzene rings is 2. The lowest BCUT2D eigenvalue weighted by Crippen LogP contribution is -2.36. The summed E-state index contributed by atoms with van der Waals surface area (Å²) in [6.07, 6.45) is -9.64. The molecule has 144 valence electrons. The predicted octanol–water partition coefficient (Wildman–Crippen LogP) is 5.23. The number of nitrogens with zero attached hydrogens (tertiary/aromatic N) is 3. The van der Waals surface area contributed by atoms with Crippen LogP contribution in [0.2, 0.25) is 0 Å². The van der Waals surface area contributed by atoms with E-state index in [4.69, 9.17) is 0 Å². The maximum Gasteiger partial charge on any atom is 0.419 e. The zero-order chi connectivity index (χ0) is 20.8. The van der Waals surface area contributed by atoms with Crippen LogP contribution in [0.1, 0.15) is 28.4 Å². The summed E-state index contributed by atoms with van der Waals surface area (Å²) < 4.78 is 95.1. The highest BCUT2D eigenvalue weighted by Crippen LogP contribution is 2.45. The molecular weight excluding hydrogens is 391 g/mol. The molecule has 0 spiro atoms. The van der Waals surface area contributed by atoms with Crippen LogP contribution in [-0.4, -0.2) is 12.7 Å². The Kier molecular flexibility index (Phi) is 4.67. The Bertz CT molecular complexity index is 1030. The van der Waals surface area contributed by atoms with Gasteiger partial charge in [-0.15, -0.1) is 0 Å². The van der Waals surface area contributed by atoms with Gasteiger partial charge in [0.15, 0.2) is 18.2 Å². The first-order valence-electron chi connectivity index (χ1n) is 7.69. The van der Waals surface area contributed by atoms with Gasteiger partial charge in [0, 0.05) is 5.56 Å². The standard InChI is InChI=1S/C18H8F7N3/c19-9-3-8(5-26)17-10(4-9)16(22)13(20)7-28(17)14-2-1-12(18(23,24)25)15(21)11(14)6-27/h1-4,13,16H,7H2/t13-,16-/m0/s1. The van der Waals surface area contributed by atoms with E-state index in [2.05, 4.69) is 0 Å². The summed E-state index contributed by atoms with van der Waals surface area (Å²) in [5.41, 5.74) is -4.58. The van der Waals surface area contributed by atoms with Gasteiger partial charge in [-0.05, 0) is 24.3 Å². The van der Waals surface area contributed by atoms with Crippen LogP contribution in [0, 0.1) is 34.3 Å². The van der Waals surface area contributed by atoms with Gasteiger partial charge >= 0.3 is 6.18 Å². The second-order valence-corrected chi connectivity index (χ2v) is 5.96. The van der Waals surface area contributed by atoms with Gasteiger partial charge in [-0.1, -0.05) is 0 Å². The van der Waals surface area contributed by atoms with Crippen LogP contribution in [0.15, 0.2) is 24.3 Å². The molecule has 3 rings (SSSR count). The molecule has 1 heterocycles. The van der Waals surface area contributed by atoms with Gasteiger partial charge in [-0.3, -0.25) is 0 Å². The molecule has 28 heavy (non-hydrogen) atoms. The molecule has 1 aliphatic heterocycles. The van der Waals surface area contributed by atoms with Gasteiger partial charge in [0.2, 0.25) is 0 Å². The molecule has 0 amide bonds. The lowest BCUT2D eigenvalue weighted by molar-refractivity contribution is -0.140. The van der Waals surface area contributed by atoms with Crippen molar-refractivity contribution < 1.29 is 30.7 Å². The van der Waals surface area contributed by atoms with Crippen LogP contribution in [0.5, 0.6) is 0 Å². The number of anilines is 2. The zero-order valence-corrected chi connectivity index (χ0v) is 13.7. The first-order chi connectivity index (χ1) is 13.1. The van der Waals surface area contributed by atoms with E-state index >= 15 is 0 Å². The van der Waals surface area contributed by atoms with Crippen molar-refractivity contribution in [1.82, 2.24) is 0 Å². The fourth-order valence-electron chi connectivity index (χ4n) is 3.10. The van der Waals surface area contributed by atoms with Crippen LogP contribution >= 0.6 is 0 Å². The van der Waals surface area contributed by atoms with Crippen LogP contribution in [0.3, 0.4) is 0 Å². The van der Waals surface area contributed by atoms with Gasteiger partial charge in [0.25, 0.3) is 0 Å². The third-order valence-electron chi connectivity index (χ3n) is 4.29. The minimum atomic E-state index is -5.08. The number of alkyl halides is 5. The number of nitriles is 2. The van der Waals surface area contributed by atoms with Crippen molar-refractivity contribution >= 4 is 11.4 Å². The van der Waals surface area contributed by atoms with Crippen molar-refractivity contribution in [3.8, 4) is 12.1 Å². The van der Waals surface area contributed by atoms with Gasteiger partial charge in [0.05, 0.1) is 29.0 Å². The maximum absolute atomic E-state index is 14.3. The SMILES string of the molecule is N#Cc1cc(F)cc2c1N(c1ccc(C(F)(F)F)c(F)c1C#N)C[C@H](F)[C@H]2F. The number of rotatable bonds is 1. The summed E-state index contributed by atoms with van der Waals surface area (Å²) in [6, 6.07) is 5.33. The predicted molar refractivity (Wildman–Crippen MR) is 83.0 cm³/mol. The number of hydrogen-bond donors (Lipinski definition) is 0. The van der Waals surface area contributed by atoms with Crippen LogP contribution in [0.4, 0.5) is 42.1 Å². The molecule has 0 bridgehead atoms. The van der Waals surface area contributed by atoms with E-state index in [0.717, 1.165) is 17.0 Å². The van der Waals surface area contributed by atoms with Crippen LogP contribution in [-0.2, 0) is 6.18 Å². The fraction of sp³-hybridized carbons (Fsp3) is 0.222. The maximum atomic E-state index is 14.3. The molecule has 10 heteroatoms. The van der Waals surface area contributed by atoms with E-state index in [1.165, 1.54) is 6.07 Å². The molecule has 3 nitrogen and oxygen atoms in total. The molecule has 0 unspecified atom stereocenters. The average molecular weight is 399 g/mol. The summed E-state index contributed by atoms with van der Waals surface area (Å²) >= 11 is 0. The van der Waals surface area contributed by atoms with Crippen LogP contribution < -0.4 is 4.90 Å². The Hall–Kier alpha value is -3.27. The monoisotopic (exact) mass is 399 g/mol. The van der Waals surface area contributed by atoms with Gasteiger partial charge < -0.3 is 4.90 Å². The molecule has 0 aliphatic carbocycles. The Morgan fingerprint density at radius 2 is 1.71 bits per heavy atom. The molecule has 0 saturated heterocycles. The smallest absolute Gasteiger partial charge is 0.336 e. The Labute approximate surface area is 153 Å².